The second-order valence-corrected chi connectivity index (χ2v) is 5.17. The van der Waals surface area contributed by atoms with Crippen molar-refractivity contribution in [3.05, 3.63) is 54.1 Å². The lowest BCUT2D eigenvalue weighted by atomic mass is 10.2. The van der Waals surface area contributed by atoms with Gasteiger partial charge in [-0.1, -0.05) is 30.0 Å². The van der Waals surface area contributed by atoms with E-state index in [1.165, 1.54) is 0 Å². The Balaban J connectivity index is 2.15. The van der Waals surface area contributed by atoms with E-state index < -0.39 is 6.03 Å². The zero-order chi connectivity index (χ0) is 15.1. The van der Waals surface area contributed by atoms with Crippen molar-refractivity contribution in [3.8, 4) is 5.75 Å². The van der Waals surface area contributed by atoms with Crippen LogP contribution in [0.1, 0.15) is 5.56 Å². The van der Waals surface area contributed by atoms with Crippen LogP contribution in [-0.2, 0) is 0 Å². The summed E-state index contributed by atoms with van der Waals surface area (Å²) in [5, 5.41) is 3.79. The summed E-state index contributed by atoms with van der Waals surface area (Å²) in [7, 11) is 1.64. The smallest absolute Gasteiger partial charge is 0.332 e. The number of nitrogens with two attached hydrogens (primary N) is 1. The Bertz CT molecular complexity index is 642. The molecule has 0 aliphatic heterocycles. The first-order valence-electron chi connectivity index (χ1n) is 6.18. The minimum Gasteiger partial charge on any atom is -0.497 e. The summed E-state index contributed by atoms with van der Waals surface area (Å²) in [5.74, 6) is 0.819. The van der Waals surface area contributed by atoms with E-state index in [1.807, 2.05) is 48.5 Å². The minimum absolute atomic E-state index is 0.688. The molecule has 0 heterocycles. The predicted octanol–water partition coefficient (Wildman–Crippen LogP) is 2.85. The number of carbonyl (C=O) groups excluding carboxylic acids is 1. The lowest BCUT2D eigenvalue weighted by Crippen LogP contribution is -2.24. The number of nitrogens with one attached hydrogen (secondary N) is 1. The van der Waals surface area contributed by atoms with Gasteiger partial charge in [0.2, 0.25) is 0 Å². The van der Waals surface area contributed by atoms with Crippen molar-refractivity contribution < 1.29 is 9.53 Å². The molecular formula is C15H15N3O2S. The van der Waals surface area contributed by atoms with E-state index in [-0.39, 0.29) is 0 Å². The summed E-state index contributed by atoms with van der Waals surface area (Å²) >= 11 is 1.60. The molecule has 0 aliphatic carbocycles. The second kappa shape index (κ2) is 7.35. The van der Waals surface area contributed by atoms with Gasteiger partial charge >= 0.3 is 6.03 Å². The van der Waals surface area contributed by atoms with Gasteiger partial charge in [-0.3, -0.25) is 0 Å². The van der Waals surface area contributed by atoms with Crippen LogP contribution >= 0.6 is 11.8 Å². The summed E-state index contributed by atoms with van der Waals surface area (Å²) in [4.78, 5) is 12.7. The molecule has 0 unspecified atom stereocenters. The molecule has 3 N–H and O–H groups in total. The third kappa shape index (κ3) is 4.54. The highest BCUT2D eigenvalue weighted by Gasteiger charge is 2.03. The van der Waals surface area contributed by atoms with E-state index in [0.717, 1.165) is 21.1 Å². The third-order valence-corrected chi connectivity index (χ3v) is 3.68. The van der Waals surface area contributed by atoms with Crippen LogP contribution in [0.4, 0.5) is 4.79 Å². The number of nitrogens with zero attached hydrogens (tertiary/aromatic N) is 1. The fraction of sp³-hybridized carbons (Fsp3) is 0.0667. The molecule has 2 aromatic rings. The Morgan fingerprint density at radius 3 is 2.62 bits per heavy atom. The van der Waals surface area contributed by atoms with Gasteiger partial charge in [0.15, 0.2) is 0 Å². The molecule has 0 radical (unpaired) electrons. The van der Waals surface area contributed by atoms with Crippen LogP contribution in [0.25, 0.3) is 0 Å². The average molecular weight is 301 g/mol. The second-order valence-electron chi connectivity index (χ2n) is 4.05. The topological polar surface area (TPSA) is 76.7 Å². The summed E-state index contributed by atoms with van der Waals surface area (Å²) in [6.45, 7) is 0. The normalized spacial score (nSPS) is 10.5. The predicted molar refractivity (Wildman–Crippen MR) is 83.9 cm³/mol. The van der Waals surface area contributed by atoms with Gasteiger partial charge < -0.3 is 10.5 Å². The molecule has 0 atom stereocenters. The molecule has 0 saturated heterocycles. The van der Waals surface area contributed by atoms with E-state index in [0.29, 0.717) is 0 Å². The number of hydrogen-bond donors (Lipinski definition) is 2. The molecule has 0 bridgehead atoms. The first-order chi connectivity index (χ1) is 10.2. The number of urea groups is 1. The van der Waals surface area contributed by atoms with Crippen LogP contribution in [0.2, 0.25) is 0 Å². The van der Waals surface area contributed by atoms with Crippen LogP contribution in [0.15, 0.2) is 63.4 Å². The maximum absolute atomic E-state index is 10.6. The minimum atomic E-state index is -0.688. The van der Waals surface area contributed by atoms with Gasteiger partial charge in [0.05, 0.1) is 13.3 Å². The Morgan fingerprint density at radius 1 is 1.24 bits per heavy atom. The van der Waals surface area contributed by atoms with Crippen LogP contribution in [0.5, 0.6) is 5.75 Å². The lowest BCUT2D eigenvalue weighted by molar-refractivity contribution is 0.249. The summed E-state index contributed by atoms with van der Waals surface area (Å²) in [5.41, 5.74) is 8.04. The van der Waals surface area contributed by atoms with Gasteiger partial charge in [-0.05, 0) is 30.3 Å². The quantitative estimate of drug-likeness (QED) is 0.658. The Morgan fingerprint density at radius 2 is 1.95 bits per heavy atom. The number of hydrazone groups is 1. The molecule has 2 amide bonds. The highest BCUT2D eigenvalue weighted by molar-refractivity contribution is 7.99. The number of benzene rings is 2. The highest BCUT2D eigenvalue weighted by atomic mass is 32.2. The zero-order valence-electron chi connectivity index (χ0n) is 11.4. The fourth-order valence-electron chi connectivity index (χ4n) is 1.62. The number of rotatable bonds is 5. The van der Waals surface area contributed by atoms with E-state index >= 15 is 0 Å². The fourth-order valence-corrected chi connectivity index (χ4v) is 2.53. The maximum atomic E-state index is 10.6. The Hall–Kier alpha value is -2.47. The molecule has 6 heteroatoms. The number of hydrogen-bond acceptors (Lipinski definition) is 4. The molecule has 0 spiro atoms. The number of amides is 2. The maximum Gasteiger partial charge on any atom is 0.332 e. The van der Waals surface area contributed by atoms with Gasteiger partial charge in [0.25, 0.3) is 0 Å². The largest absolute Gasteiger partial charge is 0.497 e. The molecule has 108 valence electrons. The van der Waals surface area contributed by atoms with Crippen LogP contribution in [0.3, 0.4) is 0 Å². The van der Waals surface area contributed by atoms with Crippen molar-refractivity contribution in [2.24, 2.45) is 10.8 Å². The van der Waals surface area contributed by atoms with Crippen molar-refractivity contribution in [3.63, 3.8) is 0 Å². The van der Waals surface area contributed by atoms with Gasteiger partial charge in [0.1, 0.15) is 5.75 Å². The third-order valence-electron chi connectivity index (χ3n) is 2.58. The van der Waals surface area contributed by atoms with Crippen LogP contribution in [0, 0.1) is 0 Å². The molecule has 0 saturated carbocycles. The van der Waals surface area contributed by atoms with E-state index in [1.54, 1.807) is 25.1 Å². The molecule has 2 rings (SSSR count). The Labute approximate surface area is 127 Å². The number of carbonyl (C=O) groups is 1. The number of ether oxygens (including phenoxy) is 1. The van der Waals surface area contributed by atoms with Crippen molar-refractivity contribution in [1.82, 2.24) is 5.43 Å². The Kier molecular flexibility index (Phi) is 5.22. The first-order valence-corrected chi connectivity index (χ1v) is 7.00. The molecule has 21 heavy (non-hydrogen) atoms. The molecule has 0 aliphatic rings. The van der Waals surface area contributed by atoms with Gasteiger partial charge in [-0.2, -0.15) is 5.10 Å². The number of primary amides is 1. The zero-order valence-corrected chi connectivity index (χ0v) is 12.3. The first kappa shape index (κ1) is 14.9. The molecule has 2 aromatic carbocycles. The monoisotopic (exact) mass is 301 g/mol. The molecule has 5 nitrogen and oxygen atoms in total. The standard InChI is InChI=1S/C15H15N3O2S/c1-20-12-6-8-13(9-7-12)21-14-5-3-2-4-11(14)10-17-18-15(16)19/h2-10H,1H3,(H3,16,18,19)/b17-10+. The van der Waals surface area contributed by atoms with E-state index in [9.17, 15) is 4.79 Å². The highest BCUT2D eigenvalue weighted by Crippen LogP contribution is 2.30. The lowest BCUT2D eigenvalue weighted by Gasteiger charge is -2.06. The average Bonchev–Trinajstić information content (AvgIpc) is 2.49. The van der Waals surface area contributed by atoms with Crippen molar-refractivity contribution in [2.45, 2.75) is 9.79 Å². The van der Waals surface area contributed by atoms with Gasteiger partial charge in [0, 0.05) is 15.4 Å². The molecule has 0 aromatic heterocycles. The summed E-state index contributed by atoms with van der Waals surface area (Å²) in [6, 6.07) is 14.9. The van der Waals surface area contributed by atoms with Gasteiger partial charge in [-0.15, -0.1) is 0 Å². The summed E-state index contributed by atoms with van der Waals surface area (Å²) < 4.78 is 5.14. The van der Waals surface area contributed by atoms with E-state index in [4.69, 9.17) is 10.5 Å². The summed E-state index contributed by atoms with van der Waals surface area (Å²) in [6.07, 6.45) is 1.57. The van der Waals surface area contributed by atoms with Crippen LogP contribution < -0.4 is 15.9 Å². The van der Waals surface area contributed by atoms with Gasteiger partial charge in [-0.25, -0.2) is 10.2 Å². The molecule has 0 fully saturated rings. The molecular weight excluding hydrogens is 286 g/mol. The van der Waals surface area contributed by atoms with E-state index in [2.05, 4.69) is 10.5 Å². The van der Waals surface area contributed by atoms with Crippen molar-refractivity contribution >= 4 is 24.0 Å². The van der Waals surface area contributed by atoms with Crippen molar-refractivity contribution in [1.29, 1.82) is 0 Å². The SMILES string of the molecule is COc1ccc(Sc2ccccc2/C=N/NC(N)=O)cc1. The van der Waals surface area contributed by atoms with Crippen LogP contribution in [-0.4, -0.2) is 19.4 Å². The number of methoxy groups -OCH3 is 1. The van der Waals surface area contributed by atoms with Crippen molar-refractivity contribution in [2.75, 3.05) is 7.11 Å².